The van der Waals surface area contributed by atoms with Crippen LogP contribution in [0.1, 0.15) is 36.0 Å². The van der Waals surface area contributed by atoms with Gasteiger partial charge in [0.1, 0.15) is 11.3 Å². The summed E-state index contributed by atoms with van der Waals surface area (Å²) >= 11 is 0. The Hall–Kier alpha value is -3.03. The van der Waals surface area contributed by atoms with Crippen molar-refractivity contribution in [2.45, 2.75) is 37.8 Å². The lowest BCUT2D eigenvalue weighted by Crippen LogP contribution is -2.40. The van der Waals surface area contributed by atoms with Gasteiger partial charge in [-0.1, -0.05) is 6.07 Å². The van der Waals surface area contributed by atoms with E-state index in [2.05, 4.69) is 5.32 Å². The van der Waals surface area contributed by atoms with Crippen molar-refractivity contribution in [3.8, 4) is 23.0 Å². The van der Waals surface area contributed by atoms with Crippen molar-refractivity contribution in [3.05, 3.63) is 47.5 Å². The molecule has 1 N–H and O–H groups in total. The summed E-state index contributed by atoms with van der Waals surface area (Å²) in [5, 5.41) is 2.78. The summed E-state index contributed by atoms with van der Waals surface area (Å²) in [6.45, 7) is 0. The maximum atomic E-state index is 14.1. The molecule has 1 aliphatic rings. The lowest BCUT2D eigenvalue weighted by atomic mass is 9.92. The molecule has 1 aliphatic carbocycles. The van der Waals surface area contributed by atoms with Crippen molar-refractivity contribution < 1.29 is 32.5 Å². The molecule has 0 unspecified atom stereocenters. The highest BCUT2D eigenvalue weighted by atomic mass is 19.2. The summed E-state index contributed by atoms with van der Waals surface area (Å²) < 4.78 is 49.5. The third-order valence-corrected chi connectivity index (χ3v) is 5.17. The third kappa shape index (κ3) is 4.58. The normalized spacial score (nSPS) is 18.4. The van der Waals surface area contributed by atoms with E-state index in [1.807, 2.05) is 12.1 Å². The van der Waals surface area contributed by atoms with Gasteiger partial charge in [-0.3, -0.25) is 4.79 Å². The fourth-order valence-electron chi connectivity index (χ4n) is 3.63. The smallest absolute Gasteiger partial charge is 0.258 e. The van der Waals surface area contributed by atoms with Gasteiger partial charge in [0.2, 0.25) is 5.75 Å². The summed E-state index contributed by atoms with van der Waals surface area (Å²) in [5.74, 6) is -1.29. The lowest BCUT2D eigenvalue weighted by molar-refractivity contribution is 0.0883. The number of halogens is 2. The summed E-state index contributed by atoms with van der Waals surface area (Å²) in [5.41, 5.74) is -0.419. The van der Waals surface area contributed by atoms with Gasteiger partial charge in [0.25, 0.3) is 5.91 Å². The van der Waals surface area contributed by atoms with Crippen molar-refractivity contribution in [1.82, 2.24) is 5.32 Å². The Morgan fingerprint density at radius 3 is 2.20 bits per heavy atom. The van der Waals surface area contributed by atoms with Crippen molar-refractivity contribution >= 4 is 5.91 Å². The molecule has 1 saturated carbocycles. The SMILES string of the molecule is COc1cccc(OC2CCC(NC(=O)c3c(OC)ccc(F)c3F)CC2)c1OC. The number of carbonyl (C=O) groups is 1. The molecule has 0 bridgehead atoms. The average Bonchev–Trinajstić information content (AvgIpc) is 2.76. The van der Waals surface area contributed by atoms with Crippen LogP contribution in [0.15, 0.2) is 30.3 Å². The van der Waals surface area contributed by atoms with Crippen LogP contribution in [0.4, 0.5) is 8.78 Å². The highest BCUT2D eigenvalue weighted by Gasteiger charge is 2.28. The van der Waals surface area contributed by atoms with E-state index >= 15 is 0 Å². The molecule has 2 aromatic carbocycles. The number of para-hydroxylation sites is 1. The van der Waals surface area contributed by atoms with E-state index in [1.165, 1.54) is 13.2 Å². The van der Waals surface area contributed by atoms with Crippen LogP contribution in [-0.4, -0.2) is 39.4 Å². The summed E-state index contributed by atoms with van der Waals surface area (Å²) in [4.78, 5) is 12.5. The predicted octanol–water partition coefficient (Wildman–Crippen LogP) is 4.11. The van der Waals surface area contributed by atoms with Gasteiger partial charge in [0.15, 0.2) is 23.1 Å². The number of ether oxygens (including phenoxy) is 4. The first kappa shape index (κ1) is 21.7. The van der Waals surface area contributed by atoms with Gasteiger partial charge < -0.3 is 24.3 Å². The fraction of sp³-hybridized carbons (Fsp3) is 0.409. The lowest BCUT2D eigenvalue weighted by Gasteiger charge is -2.30. The first-order valence-corrected chi connectivity index (χ1v) is 9.69. The van der Waals surface area contributed by atoms with Gasteiger partial charge in [0, 0.05) is 6.04 Å². The molecule has 0 atom stereocenters. The van der Waals surface area contributed by atoms with Crippen LogP contribution in [0.5, 0.6) is 23.0 Å². The molecule has 30 heavy (non-hydrogen) atoms. The molecule has 0 radical (unpaired) electrons. The molecule has 0 aliphatic heterocycles. The largest absolute Gasteiger partial charge is 0.496 e. The minimum Gasteiger partial charge on any atom is -0.496 e. The van der Waals surface area contributed by atoms with E-state index in [0.29, 0.717) is 42.9 Å². The van der Waals surface area contributed by atoms with E-state index in [-0.39, 0.29) is 17.9 Å². The summed E-state index contributed by atoms with van der Waals surface area (Å²) in [6, 6.07) is 7.42. The maximum Gasteiger partial charge on any atom is 0.258 e. The minimum absolute atomic E-state index is 0.00598. The number of amides is 1. The zero-order valence-corrected chi connectivity index (χ0v) is 17.2. The Bertz CT molecular complexity index is 897. The van der Waals surface area contributed by atoms with Crippen molar-refractivity contribution in [2.75, 3.05) is 21.3 Å². The Labute approximate surface area is 174 Å². The Balaban J connectivity index is 1.61. The summed E-state index contributed by atoms with van der Waals surface area (Å²) in [6.07, 6.45) is 2.60. The van der Waals surface area contributed by atoms with Gasteiger partial charge in [-0.15, -0.1) is 0 Å². The van der Waals surface area contributed by atoms with Gasteiger partial charge in [-0.25, -0.2) is 8.78 Å². The molecule has 162 valence electrons. The molecule has 0 heterocycles. The van der Waals surface area contributed by atoms with Crippen LogP contribution in [0, 0.1) is 11.6 Å². The van der Waals surface area contributed by atoms with E-state index in [9.17, 15) is 13.6 Å². The van der Waals surface area contributed by atoms with Crippen LogP contribution in [0.3, 0.4) is 0 Å². The molecular formula is C22H25F2NO5. The Kier molecular flexibility index (Phi) is 6.97. The highest BCUT2D eigenvalue weighted by Crippen LogP contribution is 2.38. The number of nitrogens with one attached hydrogen (secondary N) is 1. The van der Waals surface area contributed by atoms with Crippen LogP contribution >= 0.6 is 0 Å². The Morgan fingerprint density at radius 2 is 1.57 bits per heavy atom. The predicted molar refractivity (Wildman–Crippen MR) is 107 cm³/mol. The van der Waals surface area contributed by atoms with Crippen LogP contribution in [0.25, 0.3) is 0 Å². The number of methoxy groups -OCH3 is 3. The molecule has 1 fully saturated rings. The quantitative estimate of drug-likeness (QED) is 0.729. The van der Waals surface area contributed by atoms with Crippen LogP contribution in [0.2, 0.25) is 0 Å². The molecule has 3 rings (SSSR count). The molecule has 0 spiro atoms. The zero-order valence-electron chi connectivity index (χ0n) is 17.2. The molecular weight excluding hydrogens is 396 g/mol. The van der Waals surface area contributed by atoms with Gasteiger partial charge in [-0.05, 0) is 49.9 Å². The monoisotopic (exact) mass is 421 g/mol. The second-order valence-electron chi connectivity index (χ2n) is 7.00. The first-order valence-electron chi connectivity index (χ1n) is 9.69. The van der Waals surface area contributed by atoms with Crippen molar-refractivity contribution in [2.24, 2.45) is 0 Å². The molecule has 0 aromatic heterocycles. The summed E-state index contributed by atoms with van der Waals surface area (Å²) in [7, 11) is 4.42. The van der Waals surface area contributed by atoms with Crippen LogP contribution < -0.4 is 24.3 Å². The van der Waals surface area contributed by atoms with Crippen molar-refractivity contribution in [3.63, 3.8) is 0 Å². The average molecular weight is 421 g/mol. The third-order valence-electron chi connectivity index (χ3n) is 5.17. The first-order chi connectivity index (χ1) is 14.5. The minimum atomic E-state index is -1.21. The topological polar surface area (TPSA) is 66.0 Å². The zero-order chi connectivity index (χ0) is 21.7. The molecule has 0 saturated heterocycles. The fourth-order valence-corrected chi connectivity index (χ4v) is 3.63. The Morgan fingerprint density at radius 1 is 0.900 bits per heavy atom. The second kappa shape index (κ2) is 9.65. The van der Waals surface area contributed by atoms with E-state index in [1.54, 1.807) is 20.3 Å². The molecule has 1 amide bonds. The number of benzene rings is 2. The van der Waals surface area contributed by atoms with E-state index in [0.717, 1.165) is 6.07 Å². The highest BCUT2D eigenvalue weighted by molar-refractivity contribution is 5.97. The number of carbonyl (C=O) groups excluding carboxylic acids is 1. The second-order valence-corrected chi connectivity index (χ2v) is 7.00. The van der Waals surface area contributed by atoms with Crippen molar-refractivity contribution in [1.29, 1.82) is 0 Å². The van der Waals surface area contributed by atoms with Gasteiger partial charge >= 0.3 is 0 Å². The number of rotatable bonds is 7. The van der Waals surface area contributed by atoms with Gasteiger partial charge in [0.05, 0.1) is 27.4 Å². The van der Waals surface area contributed by atoms with Gasteiger partial charge in [-0.2, -0.15) is 0 Å². The van der Waals surface area contributed by atoms with E-state index in [4.69, 9.17) is 18.9 Å². The molecule has 6 nitrogen and oxygen atoms in total. The molecule has 8 heteroatoms. The maximum absolute atomic E-state index is 14.1. The molecule has 2 aromatic rings. The van der Waals surface area contributed by atoms with Crippen LogP contribution in [-0.2, 0) is 0 Å². The number of hydrogen-bond donors (Lipinski definition) is 1. The van der Waals surface area contributed by atoms with E-state index < -0.39 is 23.1 Å². The standard InChI is InChI=1S/C22H25F2NO5/c1-27-16-12-11-15(23)20(24)19(16)22(26)25-13-7-9-14(10-8-13)30-18-6-4-5-17(28-2)21(18)29-3/h4-6,11-14H,7-10H2,1-3H3,(H,25,26). The number of hydrogen-bond acceptors (Lipinski definition) is 5.